The van der Waals surface area contributed by atoms with Crippen LogP contribution in [0.15, 0.2) is 71.4 Å². The maximum absolute atomic E-state index is 14.3. The molecule has 2 amide bonds. The number of ether oxygens (including phenoxy) is 8. The molecule has 720 valence electrons. The van der Waals surface area contributed by atoms with Crippen LogP contribution < -0.4 is 0 Å². The Labute approximate surface area is 763 Å². The summed E-state index contributed by atoms with van der Waals surface area (Å²) in [7, 11) is 6.14. The maximum atomic E-state index is 14.3. The van der Waals surface area contributed by atoms with Gasteiger partial charge in [0.25, 0.3) is 23.4 Å². The maximum Gasteiger partial charge on any atom is 0.329 e. The van der Waals surface area contributed by atoms with E-state index in [1.807, 2.05) is 86.6 Å². The predicted octanol–water partition coefficient (Wildman–Crippen LogP) is 14.6. The fraction of sp³-hybridized carbons (Fsp3) is 0.792. The van der Waals surface area contributed by atoms with Gasteiger partial charge in [0.15, 0.2) is 0 Å². The number of carbonyl (C=O) groups is 9. The van der Waals surface area contributed by atoms with Crippen molar-refractivity contribution in [3.05, 3.63) is 71.4 Å². The molecule has 0 aromatic rings. The molecule has 25 nitrogen and oxygen atoms in total. The van der Waals surface area contributed by atoms with Gasteiger partial charge in [-0.1, -0.05) is 130 Å². The van der Waals surface area contributed by atoms with Crippen molar-refractivity contribution in [2.24, 2.45) is 88.8 Å². The molecule has 4 saturated heterocycles. The number of hydrogen-bond donors (Lipinski definition) is 6. The molecule has 0 radical (unpaired) electrons. The Morgan fingerprint density at radius 1 is 0.551 bits per heavy atom. The van der Waals surface area contributed by atoms with E-state index < -0.39 is 162 Å². The van der Waals surface area contributed by atoms with Crippen LogP contribution in [-0.4, -0.2) is 237 Å². The molecule has 6 aliphatic heterocycles. The van der Waals surface area contributed by atoms with Crippen molar-refractivity contribution >= 4 is 64.3 Å². The molecule has 127 heavy (non-hydrogen) atoms. The predicted molar refractivity (Wildman–Crippen MR) is 487 cm³/mol. The van der Waals surface area contributed by atoms with Gasteiger partial charge in [-0.05, 0) is 241 Å². The quantitative estimate of drug-likeness (QED) is 0.0384. The second kappa shape index (κ2) is 50.5. The molecule has 32 atom stereocenters. The second-order valence-corrected chi connectivity index (χ2v) is 40.5. The van der Waals surface area contributed by atoms with Gasteiger partial charge in [0.1, 0.15) is 53.8 Å². The number of aliphatic hydroxyl groups is 6. The summed E-state index contributed by atoms with van der Waals surface area (Å²) in [6.07, 6.45) is 19.2. The third-order valence-electron chi connectivity index (χ3n) is 29.6. The number of hydrogen-bond acceptors (Lipinski definition) is 23. The smallest absolute Gasteiger partial charge is 0.329 e. The number of alkyl halides is 1. The Kier molecular flexibility index (Phi) is 43.2. The van der Waals surface area contributed by atoms with Crippen LogP contribution in [0.1, 0.15) is 278 Å². The largest absolute Gasteiger partial charge is 0.456 e. The average Bonchev–Trinajstić information content (AvgIpc) is 0.822. The number of halogens is 1. The van der Waals surface area contributed by atoms with Crippen LogP contribution in [0.2, 0.25) is 0 Å². The van der Waals surface area contributed by atoms with E-state index in [1.54, 1.807) is 48.0 Å². The van der Waals surface area contributed by atoms with Gasteiger partial charge in [0.2, 0.25) is 11.6 Å². The molecule has 0 aromatic carbocycles. The van der Waals surface area contributed by atoms with Crippen LogP contribution in [0.25, 0.3) is 0 Å². The minimum atomic E-state index is -2.50. The lowest BCUT2D eigenvalue weighted by molar-refractivity contribution is -0.302. The van der Waals surface area contributed by atoms with Crippen molar-refractivity contribution in [1.29, 1.82) is 0 Å². The van der Waals surface area contributed by atoms with Gasteiger partial charge in [-0.3, -0.25) is 33.6 Å². The van der Waals surface area contributed by atoms with Gasteiger partial charge in [-0.15, -0.1) is 18.2 Å². The first-order chi connectivity index (χ1) is 60.0. The van der Waals surface area contributed by atoms with E-state index in [9.17, 15) is 73.8 Å². The van der Waals surface area contributed by atoms with Crippen LogP contribution in [-0.2, 0) is 81.0 Å². The molecule has 3 saturated carbocycles. The highest BCUT2D eigenvalue weighted by Gasteiger charge is 2.59. The van der Waals surface area contributed by atoms with Crippen molar-refractivity contribution in [3.63, 3.8) is 0 Å². The Hall–Kier alpha value is -5.52. The van der Waals surface area contributed by atoms with E-state index >= 15 is 0 Å². The van der Waals surface area contributed by atoms with Gasteiger partial charge in [0, 0.05) is 108 Å². The number of esters is 2. The lowest BCUT2D eigenvalue weighted by atomic mass is 9.73. The molecular weight excluding hydrogens is 1640 g/mol. The van der Waals surface area contributed by atoms with Gasteiger partial charge >= 0.3 is 11.9 Å². The lowest BCUT2D eigenvalue weighted by Gasteiger charge is -2.47. The molecule has 3 aliphatic carbocycles. The fourth-order valence-corrected chi connectivity index (χ4v) is 21.7. The zero-order valence-electron chi connectivity index (χ0n) is 80.3. The van der Waals surface area contributed by atoms with Crippen LogP contribution in [0, 0.1) is 88.8 Å². The molecular formula is C101H161ClN2O23. The molecule has 26 heteroatoms. The minimum absolute atomic E-state index is 0.0180. The van der Waals surface area contributed by atoms with Crippen molar-refractivity contribution in [2.75, 3.05) is 41.5 Å². The summed E-state index contributed by atoms with van der Waals surface area (Å²) in [4.78, 5) is 127. The third-order valence-corrected chi connectivity index (χ3v) is 30.2. The van der Waals surface area contributed by atoms with Crippen LogP contribution >= 0.6 is 11.6 Å². The zero-order valence-corrected chi connectivity index (χ0v) is 81.0. The third kappa shape index (κ3) is 28.5. The number of Topliss-reactive ketones (excluding diaryl/α,β-unsaturated/α-hetero) is 5. The van der Waals surface area contributed by atoms with Crippen molar-refractivity contribution in [1.82, 2.24) is 9.80 Å². The molecule has 6 N–H and O–H groups in total. The van der Waals surface area contributed by atoms with Crippen LogP contribution in [0.4, 0.5) is 0 Å². The normalized spacial score (nSPS) is 40.4. The Morgan fingerprint density at radius 3 is 1.39 bits per heavy atom. The molecule has 0 aromatic heterocycles. The summed E-state index contributed by atoms with van der Waals surface area (Å²) in [6, 6.07) is -2.22. The molecule has 0 spiro atoms. The SMILES string of the molecule is C/C=C/CC(C)C(O)C1C(=O)CCCC1C.C=CC[C@@H]1/C=C(\C)C[C@H](C)C[C@H](OC)[C@H]2O[C@@](O)(C(=O)C(=O)N3CCCC[C@H]3C(=O)O[C@H](/C(C)=C/[C@@H]3CC[C@@H](O)[C@H](C)C3)[C@H](C)[C@@H](O)CC1=O)[C@H](C)C[C@@H]2OC.CC[C@@H]1/C=C(\C)C[C@H](C)C[C@H](OC)[C@H]2O[C@@](O)(C(=O)C(=O)N3CCCC[C@H]3C(=O)O[C@H](/C(C)=C/[C@@H]3CC[C@H](Cl)[C@H](C)C3)[C@H](C)[C@@H](O)CC1=O)[C@H](C)C[C@@H]2OC. The van der Waals surface area contributed by atoms with Gasteiger partial charge < -0.3 is 78.3 Å². The van der Waals surface area contributed by atoms with Crippen LogP contribution in [0.3, 0.4) is 0 Å². The van der Waals surface area contributed by atoms with E-state index in [1.165, 1.54) is 24.0 Å². The number of allylic oxidation sites excluding steroid dienone is 9. The van der Waals surface area contributed by atoms with Gasteiger partial charge in [-0.2, -0.15) is 0 Å². The highest BCUT2D eigenvalue weighted by atomic mass is 35.5. The molecule has 4 bridgehead atoms. The molecule has 9 rings (SSSR count). The number of rotatable bonds is 15. The standard InChI is InChI=1S/C44H69NO11.C43H68ClNO10.C14H24O2/c1-10-13-32-19-25(2)18-26(3)20-37(53-8)40-38(54-9)23-29(6)44(52,56-40)41(49)42(50)45-17-12-11-14-33(45)43(51)55-39(30(7)35(47)24-36(32)48)28(5)22-31-15-16-34(46)27(4)21-31;1-10-31-18-24(2)17-25(3)19-36(52-8)39-37(53-9)22-28(6)43(51,55-39)40(48)41(49)45-16-12-11-13-33(45)42(50)54-38(29(7)34(46)23-35(31)47)27(5)21-30-14-15-32(44)26(4)20-30;1-4-5-7-11(3)14(16)13-10(2)8-6-9-12(13)15/h10,19,22,26-27,29-35,37-40,46-47,52H,1,11-18,20-21,23-24H2,2-9H3;18,21,25-26,28-34,36-39,46,51H,10-17,19-20,22-23H2,1-9H3;4-5,10-11,13-14,16H,6-9H2,1-3H3/b25-19+,28-22+;24-18+,27-21+;5-4+/t26-,27+,29+,30+,31+,32+,33-,34+,35-,37-,38-,39+,40+,44+;25-,26+,28+,29+,30+,31+,32-,33-,34-,36-,37-,38+,39+,43+;/m00./s1. The Morgan fingerprint density at radius 2 is 0.976 bits per heavy atom. The fourth-order valence-electron chi connectivity index (χ4n) is 21.5. The van der Waals surface area contributed by atoms with E-state index in [2.05, 4.69) is 39.5 Å². The topological polar surface area (TPSA) is 355 Å². The first-order valence-corrected chi connectivity index (χ1v) is 48.3. The van der Waals surface area contributed by atoms with Crippen molar-refractivity contribution in [3.8, 4) is 0 Å². The van der Waals surface area contributed by atoms with Gasteiger partial charge in [0.05, 0.1) is 48.8 Å². The summed E-state index contributed by atoms with van der Waals surface area (Å²) in [5.74, 6) is -13.5. The average molecular weight is 1810 g/mol. The van der Waals surface area contributed by atoms with E-state index in [0.29, 0.717) is 94.5 Å². The summed E-state index contributed by atoms with van der Waals surface area (Å²) in [6.45, 7) is 34.9. The first kappa shape index (κ1) is 109. The monoisotopic (exact) mass is 1810 g/mol. The molecule has 7 fully saturated rings. The summed E-state index contributed by atoms with van der Waals surface area (Å²) >= 11 is 6.53. The second-order valence-electron chi connectivity index (χ2n) is 39.9. The summed E-state index contributed by atoms with van der Waals surface area (Å²) < 4.78 is 48.5. The minimum Gasteiger partial charge on any atom is -0.456 e. The number of ketones is 5. The highest BCUT2D eigenvalue weighted by Crippen LogP contribution is 2.44. The number of nitrogens with zero attached hydrogens (tertiary/aromatic N) is 2. The number of aliphatic hydroxyl groups excluding tert-OH is 4. The first-order valence-electron chi connectivity index (χ1n) is 47.9. The van der Waals surface area contributed by atoms with Crippen LogP contribution in [0.5, 0.6) is 0 Å². The number of amides is 2. The lowest BCUT2D eigenvalue weighted by Crippen LogP contribution is -2.64. The van der Waals surface area contributed by atoms with E-state index in [-0.39, 0.29) is 122 Å². The molecule has 6 heterocycles. The number of methoxy groups -OCH3 is 4. The van der Waals surface area contributed by atoms with E-state index in [4.69, 9.17) is 49.5 Å². The summed E-state index contributed by atoms with van der Waals surface area (Å²) in [5.41, 5.74) is 3.43. The number of cyclic esters (lactones) is 2. The van der Waals surface area contributed by atoms with Gasteiger partial charge in [-0.25, -0.2) is 9.59 Å². The van der Waals surface area contributed by atoms with Crippen molar-refractivity contribution in [2.45, 2.75) is 380 Å². The number of piperidine rings is 2. The Balaban J connectivity index is 0.000000296. The number of carbonyl (C=O) groups excluding carboxylic acids is 9. The van der Waals surface area contributed by atoms with E-state index in [0.717, 1.165) is 68.1 Å². The zero-order chi connectivity index (χ0) is 94.4. The summed E-state index contributed by atoms with van der Waals surface area (Å²) in [5, 5.41) is 68.1. The Bertz CT molecular complexity index is 3800. The molecule has 9 aliphatic rings. The molecule has 4 unspecified atom stereocenters. The van der Waals surface area contributed by atoms with Crippen molar-refractivity contribution < 1.29 is 112 Å². The highest BCUT2D eigenvalue weighted by molar-refractivity contribution is 6.39. The number of fused-ring (bicyclic) bond motifs is 6.